The van der Waals surface area contributed by atoms with Gasteiger partial charge < -0.3 is 25.9 Å². The topological polar surface area (TPSA) is 88.7 Å². The minimum atomic E-state index is -0.866. The predicted octanol–water partition coefficient (Wildman–Crippen LogP) is 2.95. The highest BCUT2D eigenvalue weighted by molar-refractivity contribution is 5.83. The number of fused-ring (bicyclic) bond motifs is 1. The minimum Gasteiger partial charge on any atom is -0.491 e. The summed E-state index contributed by atoms with van der Waals surface area (Å²) in [6, 6.07) is 5.93. The summed E-state index contributed by atoms with van der Waals surface area (Å²) in [6.07, 6.45) is 11.9. The van der Waals surface area contributed by atoms with Crippen molar-refractivity contribution in [2.45, 2.75) is 44.1 Å². The lowest BCUT2D eigenvalue weighted by atomic mass is 9.80. The van der Waals surface area contributed by atoms with Crippen LogP contribution in [0.25, 0.3) is 6.08 Å². The number of aldehydes is 1. The minimum absolute atomic E-state index is 0.220. The largest absolute Gasteiger partial charge is 0.491 e. The zero-order valence-electron chi connectivity index (χ0n) is 16.0. The third kappa shape index (κ3) is 5.02. The second-order valence-electron chi connectivity index (χ2n) is 7.54. The number of carbonyl (C=O) groups is 1. The first-order valence-electron chi connectivity index (χ1n) is 9.78. The van der Waals surface area contributed by atoms with E-state index in [1.807, 2.05) is 18.2 Å². The second-order valence-corrected chi connectivity index (χ2v) is 7.54. The number of ether oxygens (including phenoxy) is 1. The Kier molecular flexibility index (Phi) is 6.37. The van der Waals surface area contributed by atoms with Gasteiger partial charge in [-0.2, -0.15) is 0 Å². The quantitative estimate of drug-likeness (QED) is 0.390. The summed E-state index contributed by atoms with van der Waals surface area (Å²) in [6.45, 7) is 1.03. The lowest BCUT2D eigenvalue weighted by Crippen LogP contribution is -2.57. The van der Waals surface area contributed by atoms with Crippen molar-refractivity contribution in [3.8, 4) is 5.75 Å². The SMILES string of the molecule is CN=C(N)NC(C=O)(COc1ccc2c(c1)NCC=C2)CC1CCCCC1. The van der Waals surface area contributed by atoms with Crippen LogP contribution in [0.5, 0.6) is 5.75 Å². The van der Waals surface area contributed by atoms with Crippen molar-refractivity contribution in [2.75, 3.05) is 25.5 Å². The molecule has 0 saturated heterocycles. The Balaban J connectivity index is 1.73. The molecule has 1 heterocycles. The van der Waals surface area contributed by atoms with Crippen molar-refractivity contribution < 1.29 is 9.53 Å². The number of carbonyl (C=O) groups excluding carboxylic acids is 1. The number of benzene rings is 1. The van der Waals surface area contributed by atoms with E-state index in [-0.39, 0.29) is 12.6 Å². The lowest BCUT2D eigenvalue weighted by molar-refractivity contribution is -0.114. The van der Waals surface area contributed by atoms with E-state index in [1.54, 1.807) is 7.05 Å². The number of aliphatic imine (C=N–C) groups is 1. The van der Waals surface area contributed by atoms with Gasteiger partial charge in [0.25, 0.3) is 0 Å². The van der Waals surface area contributed by atoms with Crippen LogP contribution in [0.2, 0.25) is 0 Å². The maximum atomic E-state index is 12.1. The molecule has 3 rings (SSSR count). The van der Waals surface area contributed by atoms with Crippen LogP contribution < -0.4 is 21.1 Å². The van der Waals surface area contributed by atoms with Gasteiger partial charge in [-0.15, -0.1) is 0 Å². The van der Waals surface area contributed by atoms with Gasteiger partial charge in [-0.05, 0) is 30.0 Å². The van der Waals surface area contributed by atoms with Gasteiger partial charge in [-0.25, -0.2) is 0 Å². The number of hydrogen-bond donors (Lipinski definition) is 3. The molecule has 1 aromatic rings. The molecule has 6 heteroatoms. The Bertz CT molecular complexity index is 710. The Hall–Kier alpha value is -2.50. The Morgan fingerprint density at radius 1 is 1.41 bits per heavy atom. The highest BCUT2D eigenvalue weighted by Gasteiger charge is 2.35. The Morgan fingerprint density at radius 3 is 2.96 bits per heavy atom. The van der Waals surface area contributed by atoms with Crippen molar-refractivity contribution in [2.24, 2.45) is 16.6 Å². The molecule has 0 spiro atoms. The van der Waals surface area contributed by atoms with Crippen LogP contribution >= 0.6 is 0 Å². The van der Waals surface area contributed by atoms with Gasteiger partial charge in [0.15, 0.2) is 5.96 Å². The maximum absolute atomic E-state index is 12.1. The summed E-state index contributed by atoms with van der Waals surface area (Å²) in [4.78, 5) is 16.1. The lowest BCUT2D eigenvalue weighted by Gasteiger charge is -2.34. The molecule has 6 nitrogen and oxygen atoms in total. The van der Waals surface area contributed by atoms with Gasteiger partial charge in [0.2, 0.25) is 0 Å². The normalized spacial score (nSPS) is 19.5. The summed E-state index contributed by atoms with van der Waals surface area (Å²) in [7, 11) is 1.61. The smallest absolute Gasteiger partial charge is 0.189 e. The summed E-state index contributed by atoms with van der Waals surface area (Å²) in [5.41, 5.74) is 7.22. The maximum Gasteiger partial charge on any atom is 0.189 e. The van der Waals surface area contributed by atoms with Crippen molar-refractivity contribution in [3.63, 3.8) is 0 Å². The number of hydrogen-bond acceptors (Lipinski definition) is 4. The van der Waals surface area contributed by atoms with Crippen LogP contribution in [0, 0.1) is 5.92 Å². The Labute approximate surface area is 161 Å². The highest BCUT2D eigenvalue weighted by atomic mass is 16.5. The first-order chi connectivity index (χ1) is 13.1. The van der Waals surface area contributed by atoms with Crippen molar-refractivity contribution >= 4 is 24.0 Å². The highest BCUT2D eigenvalue weighted by Crippen LogP contribution is 2.31. The third-order valence-corrected chi connectivity index (χ3v) is 5.45. The average Bonchev–Trinajstić information content (AvgIpc) is 2.72. The first-order valence-corrected chi connectivity index (χ1v) is 9.78. The molecule has 0 amide bonds. The fourth-order valence-corrected chi connectivity index (χ4v) is 3.97. The van der Waals surface area contributed by atoms with E-state index in [0.717, 1.165) is 42.7 Å². The molecule has 1 aliphatic carbocycles. The van der Waals surface area contributed by atoms with Crippen LogP contribution in [-0.4, -0.2) is 38.0 Å². The van der Waals surface area contributed by atoms with Gasteiger partial charge >= 0.3 is 0 Å². The van der Waals surface area contributed by atoms with E-state index < -0.39 is 5.54 Å². The number of nitrogens with two attached hydrogens (primary N) is 1. The second kappa shape index (κ2) is 8.93. The fourth-order valence-electron chi connectivity index (χ4n) is 3.97. The van der Waals surface area contributed by atoms with Crippen LogP contribution in [-0.2, 0) is 4.79 Å². The molecule has 1 fully saturated rings. The average molecular weight is 370 g/mol. The van der Waals surface area contributed by atoms with E-state index in [1.165, 1.54) is 19.3 Å². The van der Waals surface area contributed by atoms with E-state index in [0.29, 0.717) is 12.3 Å². The first kappa shape index (κ1) is 19.3. The molecular formula is C21H30N4O2. The van der Waals surface area contributed by atoms with Crippen LogP contribution in [0.15, 0.2) is 29.3 Å². The summed E-state index contributed by atoms with van der Waals surface area (Å²) in [5.74, 6) is 1.50. The number of rotatable bonds is 7. The summed E-state index contributed by atoms with van der Waals surface area (Å²) < 4.78 is 6.05. The number of anilines is 1. The Morgan fingerprint density at radius 2 is 2.22 bits per heavy atom. The van der Waals surface area contributed by atoms with Crippen LogP contribution in [0.4, 0.5) is 5.69 Å². The molecule has 2 aliphatic rings. The monoisotopic (exact) mass is 370 g/mol. The number of guanidine groups is 1. The van der Waals surface area contributed by atoms with E-state index >= 15 is 0 Å². The van der Waals surface area contributed by atoms with Gasteiger partial charge in [0, 0.05) is 25.3 Å². The molecule has 1 unspecified atom stereocenters. The van der Waals surface area contributed by atoms with E-state index in [4.69, 9.17) is 10.5 Å². The van der Waals surface area contributed by atoms with E-state index in [2.05, 4.69) is 27.8 Å². The van der Waals surface area contributed by atoms with Crippen LogP contribution in [0.1, 0.15) is 44.1 Å². The number of nitrogens with one attached hydrogen (secondary N) is 2. The standard InChI is InChI=1S/C21H30N4O2/c1-23-20(22)25-21(14-26,13-16-6-3-2-4-7-16)15-27-18-10-9-17-8-5-11-24-19(17)12-18/h5,8-10,12,14,16,24H,2-4,6-7,11,13,15H2,1H3,(H3,22,23,25). The molecule has 0 aromatic heterocycles. The zero-order valence-corrected chi connectivity index (χ0v) is 16.0. The van der Waals surface area contributed by atoms with Crippen LogP contribution in [0.3, 0.4) is 0 Å². The summed E-state index contributed by atoms with van der Waals surface area (Å²) in [5, 5.41) is 6.45. The fraction of sp³-hybridized carbons (Fsp3) is 0.524. The van der Waals surface area contributed by atoms with E-state index in [9.17, 15) is 4.79 Å². The molecule has 0 radical (unpaired) electrons. The van der Waals surface area contributed by atoms with Gasteiger partial charge in [-0.3, -0.25) is 4.99 Å². The predicted molar refractivity (Wildman–Crippen MR) is 110 cm³/mol. The molecule has 146 valence electrons. The van der Waals surface area contributed by atoms with Gasteiger partial charge in [0.1, 0.15) is 24.2 Å². The molecule has 1 aliphatic heterocycles. The van der Waals surface area contributed by atoms with Crippen molar-refractivity contribution in [1.82, 2.24) is 5.32 Å². The molecule has 1 saturated carbocycles. The molecule has 0 bridgehead atoms. The van der Waals surface area contributed by atoms with Gasteiger partial charge in [-0.1, -0.05) is 44.3 Å². The van der Waals surface area contributed by atoms with Crippen molar-refractivity contribution in [3.05, 3.63) is 29.8 Å². The molecule has 27 heavy (non-hydrogen) atoms. The molecule has 1 atom stereocenters. The third-order valence-electron chi connectivity index (χ3n) is 5.45. The van der Waals surface area contributed by atoms with Crippen molar-refractivity contribution in [1.29, 1.82) is 0 Å². The molecule has 1 aromatic carbocycles. The zero-order chi connectivity index (χ0) is 19.1. The van der Waals surface area contributed by atoms with Gasteiger partial charge in [0.05, 0.1) is 0 Å². The summed E-state index contributed by atoms with van der Waals surface area (Å²) >= 11 is 0. The number of nitrogens with zero attached hydrogens (tertiary/aromatic N) is 1. The molecule has 4 N–H and O–H groups in total. The molecular weight excluding hydrogens is 340 g/mol.